The Balaban J connectivity index is 2.39. The van der Waals surface area contributed by atoms with Crippen molar-refractivity contribution in [2.45, 2.75) is 32.3 Å². The third kappa shape index (κ3) is 4.53. The minimum atomic E-state index is 0.221. The largest absolute Gasteiger partial charge is 0.497 e. The maximum atomic E-state index is 5.78. The Morgan fingerprint density at radius 2 is 2.00 bits per heavy atom. The molecule has 90 valence electrons. The average Bonchev–Trinajstić information content (AvgIpc) is 2.29. The Hall–Kier alpha value is -1.22. The van der Waals surface area contributed by atoms with Crippen molar-refractivity contribution in [2.24, 2.45) is 5.73 Å². The molecule has 0 radical (unpaired) electrons. The molecule has 0 amide bonds. The highest BCUT2D eigenvalue weighted by Gasteiger charge is 2.04. The highest BCUT2D eigenvalue weighted by atomic mass is 16.5. The third-order valence-corrected chi connectivity index (χ3v) is 2.44. The number of nitrogens with two attached hydrogens (primary N) is 1. The zero-order valence-electron chi connectivity index (χ0n) is 10.1. The zero-order valence-corrected chi connectivity index (χ0v) is 10.1. The fraction of sp³-hybridized carbons (Fsp3) is 0.538. The van der Waals surface area contributed by atoms with Gasteiger partial charge in [-0.05, 0) is 44.9 Å². The summed E-state index contributed by atoms with van der Waals surface area (Å²) in [6.07, 6.45) is 3.43. The Kier molecular flexibility index (Phi) is 5.72. The van der Waals surface area contributed by atoms with E-state index in [9.17, 15) is 0 Å². The van der Waals surface area contributed by atoms with Gasteiger partial charge in [-0.3, -0.25) is 0 Å². The van der Waals surface area contributed by atoms with Gasteiger partial charge in [-0.15, -0.1) is 0 Å². The molecule has 0 bridgehead atoms. The predicted octanol–water partition coefficient (Wildman–Crippen LogP) is 2.59. The van der Waals surface area contributed by atoms with Crippen molar-refractivity contribution in [3.8, 4) is 11.5 Å². The van der Waals surface area contributed by atoms with Crippen LogP contribution in [0.5, 0.6) is 11.5 Å². The molecule has 0 aliphatic heterocycles. The number of methoxy groups -OCH3 is 1. The lowest BCUT2D eigenvalue weighted by molar-refractivity contribution is 0.206. The third-order valence-electron chi connectivity index (χ3n) is 2.44. The highest BCUT2D eigenvalue weighted by molar-refractivity contribution is 5.32. The van der Waals surface area contributed by atoms with Gasteiger partial charge in [0.15, 0.2) is 0 Å². The number of unbranched alkanes of at least 4 members (excludes halogenated alkanes) is 1. The van der Waals surface area contributed by atoms with Crippen LogP contribution >= 0.6 is 0 Å². The zero-order chi connectivity index (χ0) is 11.8. The summed E-state index contributed by atoms with van der Waals surface area (Å²) in [6, 6.07) is 7.69. The van der Waals surface area contributed by atoms with E-state index in [1.165, 1.54) is 0 Å². The van der Waals surface area contributed by atoms with Crippen LogP contribution in [0.1, 0.15) is 26.2 Å². The number of benzene rings is 1. The lowest BCUT2D eigenvalue weighted by Crippen LogP contribution is -2.12. The molecule has 3 nitrogen and oxygen atoms in total. The van der Waals surface area contributed by atoms with Gasteiger partial charge in [0.25, 0.3) is 0 Å². The Bertz CT molecular complexity index is 302. The second-order valence-electron chi connectivity index (χ2n) is 3.89. The number of ether oxygens (including phenoxy) is 2. The van der Waals surface area contributed by atoms with Crippen LogP contribution in [0.15, 0.2) is 24.3 Å². The Morgan fingerprint density at radius 1 is 1.25 bits per heavy atom. The Morgan fingerprint density at radius 3 is 2.69 bits per heavy atom. The second kappa shape index (κ2) is 7.12. The van der Waals surface area contributed by atoms with Crippen LogP contribution in [0.2, 0.25) is 0 Å². The molecule has 1 unspecified atom stereocenters. The lowest BCUT2D eigenvalue weighted by atomic mass is 10.2. The van der Waals surface area contributed by atoms with Gasteiger partial charge in [-0.1, -0.05) is 6.07 Å². The first-order chi connectivity index (χ1) is 7.76. The summed E-state index contributed by atoms with van der Waals surface area (Å²) < 4.78 is 10.9. The molecule has 0 spiro atoms. The smallest absolute Gasteiger partial charge is 0.123 e. The first kappa shape index (κ1) is 12.8. The Labute approximate surface area is 97.6 Å². The van der Waals surface area contributed by atoms with Crippen molar-refractivity contribution in [2.75, 3.05) is 13.7 Å². The lowest BCUT2D eigenvalue weighted by Gasteiger charge is -2.14. The van der Waals surface area contributed by atoms with Gasteiger partial charge in [-0.25, -0.2) is 0 Å². The first-order valence-corrected chi connectivity index (χ1v) is 5.77. The monoisotopic (exact) mass is 223 g/mol. The van der Waals surface area contributed by atoms with Crippen molar-refractivity contribution in [3.63, 3.8) is 0 Å². The molecule has 0 aliphatic carbocycles. The summed E-state index contributed by atoms with van der Waals surface area (Å²) >= 11 is 0. The fourth-order valence-electron chi connectivity index (χ4n) is 1.54. The molecule has 0 aromatic heterocycles. The van der Waals surface area contributed by atoms with Crippen LogP contribution in [-0.2, 0) is 0 Å². The van der Waals surface area contributed by atoms with Gasteiger partial charge >= 0.3 is 0 Å². The van der Waals surface area contributed by atoms with Gasteiger partial charge in [0.2, 0.25) is 0 Å². The van der Waals surface area contributed by atoms with Gasteiger partial charge in [0.05, 0.1) is 13.2 Å². The van der Waals surface area contributed by atoms with E-state index in [0.717, 1.165) is 37.3 Å². The van der Waals surface area contributed by atoms with E-state index in [0.29, 0.717) is 0 Å². The summed E-state index contributed by atoms with van der Waals surface area (Å²) in [5.74, 6) is 1.69. The minimum Gasteiger partial charge on any atom is -0.497 e. The SMILES string of the molecule is COc1cccc(OC(C)CCCCN)c1. The van der Waals surface area contributed by atoms with Crippen LogP contribution in [0.25, 0.3) is 0 Å². The molecule has 0 saturated heterocycles. The molecule has 16 heavy (non-hydrogen) atoms. The van der Waals surface area contributed by atoms with Gasteiger partial charge in [-0.2, -0.15) is 0 Å². The van der Waals surface area contributed by atoms with E-state index in [1.54, 1.807) is 7.11 Å². The molecule has 1 atom stereocenters. The number of rotatable bonds is 7. The molecule has 1 aromatic carbocycles. The van der Waals surface area contributed by atoms with E-state index in [2.05, 4.69) is 6.92 Å². The quantitative estimate of drug-likeness (QED) is 0.723. The molecule has 1 rings (SSSR count). The molecular formula is C13H21NO2. The van der Waals surface area contributed by atoms with E-state index in [-0.39, 0.29) is 6.10 Å². The van der Waals surface area contributed by atoms with Crippen LogP contribution in [-0.4, -0.2) is 19.8 Å². The maximum Gasteiger partial charge on any atom is 0.123 e. The van der Waals surface area contributed by atoms with Gasteiger partial charge in [0, 0.05) is 6.07 Å². The number of hydrogen-bond donors (Lipinski definition) is 1. The van der Waals surface area contributed by atoms with Crippen molar-refractivity contribution < 1.29 is 9.47 Å². The summed E-state index contributed by atoms with van der Waals surface area (Å²) in [5, 5.41) is 0. The molecule has 0 fully saturated rings. The summed E-state index contributed by atoms with van der Waals surface area (Å²) in [5.41, 5.74) is 5.45. The molecule has 0 saturated carbocycles. The fourth-order valence-corrected chi connectivity index (χ4v) is 1.54. The summed E-state index contributed by atoms with van der Waals surface area (Å²) in [4.78, 5) is 0. The van der Waals surface area contributed by atoms with Crippen LogP contribution < -0.4 is 15.2 Å². The molecule has 0 aliphatic rings. The topological polar surface area (TPSA) is 44.5 Å². The second-order valence-corrected chi connectivity index (χ2v) is 3.89. The van der Waals surface area contributed by atoms with Crippen molar-refractivity contribution in [1.82, 2.24) is 0 Å². The van der Waals surface area contributed by atoms with E-state index < -0.39 is 0 Å². The average molecular weight is 223 g/mol. The first-order valence-electron chi connectivity index (χ1n) is 5.77. The molecular weight excluding hydrogens is 202 g/mol. The highest BCUT2D eigenvalue weighted by Crippen LogP contribution is 2.20. The van der Waals surface area contributed by atoms with Gasteiger partial charge < -0.3 is 15.2 Å². The van der Waals surface area contributed by atoms with Crippen LogP contribution in [0.3, 0.4) is 0 Å². The number of hydrogen-bond acceptors (Lipinski definition) is 3. The van der Waals surface area contributed by atoms with E-state index in [4.69, 9.17) is 15.2 Å². The molecule has 0 heterocycles. The molecule has 3 heteroatoms. The van der Waals surface area contributed by atoms with E-state index >= 15 is 0 Å². The molecule has 2 N–H and O–H groups in total. The van der Waals surface area contributed by atoms with Crippen LogP contribution in [0, 0.1) is 0 Å². The summed E-state index contributed by atoms with van der Waals surface area (Å²) in [6.45, 7) is 2.84. The van der Waals surface area contributed by atoms with Crippen LogP contribution in [0.4, 0.5) is 0 Å². The van der Waals surface area contributed by atoms with Gasteiger partial charge in [0.1, 0.15) is 11.5 Å². The molecule has 1 aromatic rings. The minimum absolute atomic E-state index is 0.221. The predicted molar refractivity (Wildman–Crippen MR) is 66.0 cm³/mol. The van der Waals surface area contributed by atoms with Crippen molar-refractivity contribution in [3.05, 3.63) is 24.3 Å². The van der Waals surface area contributed by atoms with Crippen molar-refractivity contribution in [1.29, 1.82) is 0 Å². The van der Waals surface area contributed by atoms with E-state index in [1.807, 2.05) is 24.3 Å². The maximum absolute atomic E-state index is 5.78. The normalized spacial score (nSPS) is 12.2. The standard InChI is InChI=1S/C13H21NO2/c1-11(6-3-4-9-14)16-13-8-5-7-12(10-13)15-2/h5,7-8,10-11H,3-4,6,9,14H2,1-2H3. The van der Waals surface area contributed by atoms with Crippen molar-refractivity contribution >= 4 is 0 Å². The summed E-state index contributed by atoms with van der Waals surface area (Å²) in [7, 11) is 1.66.